The van der Waals surface area contributed by atoms with E-state index in [2.05, 4.69) is 5.32 Å². The van der Waals surface area contributed by atoms with Gasteiger partial charge in [0.05, 0.1) is 16.8 Å². The monoisotopic (exact) mass is 295 g/mol. The molecule has 0 aromatic rings. The molecule has 1 saturated heterocycles. The summed E-state index contributed by atoms with van der Waals surface area (Å²) < 4.78 is 45.8. The molecule has 1 saturated carbocycles. The molecule has 1 N–H and O–H groups in total. The van der Waals surface area contributed by atoms with Gasteiger partial charge in [0.2, 0.25) is 0 Å². The van der Waals surface area contributed by atoms with Crippen LogP contribution in [0.2, 0.25) is 0 Å². The fourth-order valence-electron chi connectivity index (χ4n) is 2.94. The minimum atomic E-state index is -2.97. The van der Waals surface area contributed by atoms with E-state index in [4.69, 9.17) is 0 Å². The van der Waals surface area contributed by atoms with E-state index in [-0.39, 0.29) is 28.8 Å². The second-order valence-electron chi connectivity index (χ2n) is 5.58. The van der Waals surface area contributed by atoms with Gasteiger partial charge in [0.15, 0.2) is 9.84 Å². The summed E-state index contributed by atoms with van der Waals surface area (Å²) in [6.45, 7) is 0. The molecular formula is C11H21NO4S2. The van der Waals surface area contributed by atoms with Crippen LogP contribution in [-0.4, -0.2) is 51.9 Å². The van der Waals surface area contributed by atoms with Gasteiger partial charge in [-0.05, 0) is 25.7 Å². The van der Waals surface area contributed by atoms with Crippen LogP contribution in [0.4, 0.5) is 0 Å². The Morgan fingerprint density at radius 3 is 2.39 bits per heavy atom. The van der Waals surface area contributed by atoms with E-state index >= 15 is 0 Å². The first-order valence-electron chi connectivity index (χ1n) is 6.41. The Morgan fingerprint density at radius 2 is 1.83 bits per heavy atom. The van der Waals surface area contributed by atoms with E-state index in [1.165, 1.54) is 6.26 Å². The highest BCUT2D eigenvalue weighted by Crippen LogP contribution is 2.25. The minimum Gasteiger partial charge on any atom is -0.310 e. The van der Waals surface area contributed by atoms with Gasteiger partial charge < -0.3 is 5.32 Å². The number of sulfone groups is 2. The van der Waals surface area contributed by atoms with Gasteiger partial charge in [0.25, 0.3) is 0 Å². The minimum absolute atomic E-state index is 0.0123. The maximum atomic E-state index is 11.5. The average molecular weight is 295 g/mol. The molecule has 0 aromatic heterocycles. The van der Waals surface area contributed by atoms with Crippen molar-refractivity contribution in [3.8, 4) is 0 Å². The van der Waals surface area contributed by atoms with Crippen molar-refractivity contribution in [3.05, 3.63) is 0 Å². The van der Waals surface area contributed by atoms with E-state index in [0.29, 0.717) is 12.8 Å². The lowest BCUT2D eigenvalue weighted by atomic mass is 9.94. The highest BCUT2D eigenvalue weighted by molar-refractivity contribution is 7.91. The Morgan fingerprint density at radius 1 is 1.11 bits per heavy atom. The zero-order valence-electron chi connectivity index (χ0n) is 10.6. The van der Waals surface area contributed by atoms with Crippen molar-refractivity contribution in [2.75, 3.05) is 17.8 Å². The molecular weight excluding hydrogens is 274 g/mol. The third kappa shape index (κ3) is 3.68. The molecule has 0 amide bonds. The van der Waals surface area contributed by atoms with Gasteiger partial charge in [0, 0.05) is 18.3 Å². The molecule has 0 aromatic carbocycles. The van der Waals surface area contributed by atoms with Crippen molar-refractivity contribution in [3.63, 3.8) is 0 Å². The highest BCUT2D eigenvalue weighted by atomic mass is 32.2. The summed E-state index contributed by atoms with van der Waals surface area (Å²) in [6, 6.07) is 0.162. The second kappa shape index (κ2) is 5.09. The summed E-state index contributed by atoms with van der Waals surface area (Å²) in [5.74, 6) is 0.458. The molecule has 106 valence electrons. The summed E-state index contributed by atoms with van der Waals surface area (Å²) in [6.07, 6.45) is 5.15. The molecule has 3 unspecified atom stereocenters. The first-order valence-corrected chi connectivity index (χ1v) is 10.2. The molecule has 1 aliphatic heterocycles. The van der Waals surface area contributed by atoms with Crippen molar-refractivity contribution < 1.29 is 16.8 Å². The molecule has 0 spiro atoms. The van der Waals surface area contributed by atoms with Gasteiger partial charge in [-0.3, -0.25) is 0 Å². The average Bonchev–Trinajstić information content (AvgIpc) is 2.57. The smallest absolute Gasteiger partial charge is 0.151 e. The fourth-order valence-corrected chi connectivity index (χ4v) is 5.81. The van der Waals surface area contributed by atoms with Crippen molar-refractivity contribution in [2.24, 2.45) is 0 Å². The molecule has 1 heterocycles. The lowest BCUT2D eigenvalue weighted by Crippen LogP contribution is -2.44. The normalized spacial score (nSPS) is 36.6. The van der Waals surface area contributed by atoms with Crippen LogP contribution >= 0.6 is 0 Å². The van der Waals surface area contributed by atoms with Gasteiger partial charge in [0.1, 0.15) is 9.84 Å². The molecule has 1 aliphatic carbocycles. The highest BCUT2D eigenvalue weighted by Gasteiger charge is 2.33. The summed E-state index contributed by atoms with van der Waals surface area (Å²) in [4.78, 5) is 0. The number of rotatable bonds is 3. The van der Waals surface area contributed by atoms with Gasteiger partial charge in [-0.25, -0.2) is 16.8 Å². The van der Waals surface area contributed by atoms with Crippen LogP contribution in [0.5, 0.6) is 0 Å². The van der Waals surface area contributed by atoms with E-state index in [1.54, 1.807) is 0 Å². The van der Waals surface area contributed by atoms with Gasteiger partial charge in [-0.2, -0.15) is 0 Å². The lowest BCUT2D eigenvalue weighted by Gasteiger charge is -2.30. The van der Waals surface area contributed by atoms with Crippen LogP contribution in [0.1, 0.15) is 32.1 Å². The third-order valence-electron chi connectivity index (χ3n) is 3.94. The standard InChI is InChI=1S/C11H21NO4S2/c1-17(13,14)11-4-2-3-9(7-11)12-10-5-6-18(15,16)8-10/h9-12H,2-8H2,1H3. The van der Waals surface area contributed by atoms with Crippen LogP contribution < -0.4 is 5.32 Å². The molecule has 2 rings (SSSR count). The molecule has 2 fully saturated rings. The Hall–Kier alpha value is -0.140. The summed E-state index contributed by atoms with van der Waals surface area (Å²) in [5, 5.41) is 3.07. The molecule has 18 heavy (non-hydrogen) atoms. The molecule has 2 aliphatic rings. The maximum absolute atomic E-state index is 11.5. The van der Waals surface area contributed by atoms with E-state index in [9.17, 15) is 16.8 Å². The summed E-state index contributed by atoms with van der Waals surface area (Å²) in [5.41, 5.74) is 0. The van der Waals surface area contributed by atoms with Crippen LogP contribution in [-0.2, 0) is 19.7 Å². The Bertz CT molecular complexity index is 497. The predicted molar refractivity (Wildman–Crippen MR) is 71.1 cm³/mol. The second-order valence-corrected chi connectivity index (χ2v) is 10.1. The Kier molecular flexibility index (Phi) is 4.04. The molecule has 0 bridgehead atoms. The molecule has 5 nitrogen and oxygen atoms in total. The molecule has 0 radical (unpaired) electrons. The molecule has 3 atom stereocenters. The van der Waals surface area contributed by atoms with Gasteiger partial charge in [-0.15, -0.1) is 0 Å². The van der Waals surface area contributed by atoms with Crippen molar-refractivity contribution in [2.45, 2.75) is 49.4 Å². The number of nitrogens with one attached hydrogen (secondary N) is 1. The Labute approximate surface area is 109 Å². The van der Waals surface area contributed by atoms with E-state index < -0.39 is 19.7 Å². The zero-order chi connectivity index (χ0) is 13.4. The predicted octanol–water partition coefficient (Wildman–Crippen LogP) is 0.119. The van der Waals surface area contributed by atoms with Crippen molar-refractivity contribution >= 4 is 19.7 Å². The number of hydrogen-bond donors (Lipinski definition) is 1. The van der Waals surface area contributed by atoms with Gasteiger partial charge in [-0.1, -0.05) is 6.42 Å². The van der Waals surface area contributed by atoms with Crippen molar-refractivity contribution in [1.29, 1.82) is 0 Å². The zero-order valence-corrected chi connectivity index (χ0v) is 12.3. The summed E-state index contributed by atoms with van der Waals surface area (Å²) in [7, 11) is -5.84. The van der Waals surface area contributed by atoms with E-state index in [0.717, 1.165) is 19.3 Å². The summed E-state index contributed by atoms with van der Waals surface area (Å²) >= 11 is 0. The largest absolute Gasteiger partial charge is 0.310 e. The first-order chi connectivity index (χ1) is 8.26. The Balaban J connectivity index is 1.91. The number of hydrogen-bond acceptors (Lipinski definition) is 5. The maximum Gasteiger partial charge on any atom is 0.151 e. The third-order valence-corrected chi connectivity index (χ3v) is 7.34. The van der Waals surface area contributed by atoms with Crippen LogP contribution in [0.25, 0.3) is 0 Å². The van der Waals surface area contributed by atoms with Gasteiger partial charge >= 0.3 is 0 Å². The van der Waals surface area contributed by atoms with E-state index in [1.807, 2.05) is 0 Å². The first kappa shape index (κ1) is 14.3. The van der Waals surface area contributed by atoms with Crippen LogP contribution in [0, 0.1) is 0 Å². The molecule has 7 heteroatoms. The SMILES string of the molecule is CS(=O)(=O)C1CCCC(NC2CCS(=O)(=O)C2)C1. The quantitative estimate of drug-likeness (QED) is 0.800. The topological polar surface area (TPSA) is 80.3 Å². The van der Waals surface area contributed by atoms with Crippen LogP contribution in [0.15, 0.2) is 0 Å². The van der Waals surface area contributed by atoms with Crippen LogP contribution in [0.3, 0.4) is 0 Å². The lowest BCUT2D eigenvalue weighted by molar-refractivity contribution is 0.345. The fraction of sp³-hybridized carbons (Fsp3) is 1.00. The van der Waals surface area contributed by atoms with Crippen molar-refractivity contribution in [1.82, 2.24) is 5.32 Å².